The molecule has 1 atom stereocenters. The van der Waals surface area contributed by atoms with Crippen molar-refractivity contribution in [2.75, 3.05) is 32.3 Å². The lowest BCUT2D eigenvalue weighted by atomic mass is 10.1. The first kappa shape index (κ1) is 14.1. The topological polar surface area (TPSA) is 29.5 Å². The molecule has 0 aromatic heterocycles. The van der Waals surface area contributed by atoms with Gasteiger partial charge in [0, 0.05) is 37.1 Å². The minimum atomic E-state index is -2.76. The van der Waals surface area contributed by atoms with Gasteiger partial charge in [0.1, 0.15) is 0 Å². The zero-order valence-corrected chi connectivity index (χ0v) is 12.8. The van der Waals surface area contributed by atoms with E-state index in [0.717, 1.165) is 21.8 Å². The third-order valence-electron chi connectivity index (χ3n) is 3.17. The number of hydrogen-bond acceptors (Lipinski definition) is 3. The van der Waals surface area contributed by atoms with Crippen LogP contribution in [0.1, 0.15) is 6.92 Å². The molecule has 2 aromatic carbocycles. The Kier molecular flexibility index (Phi) is 3.98. The average Bonchev–Trinajstić information content (AvgIpc) is 2.37. The van der Waals surface area contributed by atoms with Crippen LogP contribution in [-0.4, -0.2) is 27.4 Å². The fourth-order valence-electron chi connectivity index (χ4n) is 2.34. The molecular weight excluding hydrogens is 257 g/mol. The summed E-state index contributed by atoms with van der Waals surface area (Å²) in [6, 6.07) is 12.0. The van der Waals surface area contributed by atoms with E-state index in [1.54, 1.807) is 6.66 Å². The molecule has 2 rings (SSSR count). The van der Waals surface area contributed by atoms with Crippen molar-refractivity contribution in [2.24, 2.45) is 0 Å². The SMILES string of the molecule is CCOP(C)(=O)c1cccc2c(N(C)C)cccc12. The van der Waals surface area contributed by atoms with Crippen LogP contribution >= 0.6 is 7.37 Å². The van der Waals surface area contributed by atoms with Crippen molar-refractivity contribution in [1.82, 2.24) is 0 Å². The number of hydrogen-bond donors (Lipinski definition) is 0. The van der Waals surface area contributed by atoms with Crippen molar-refractivity contribution in [3.8, 4) is 0 Å². The van der Waals surface area contributed by atoms with Crippen molar-refractivity contribution in [3.05, 3.63) is 36.4 Å². The molecule has 19 heavy (non-hydrogen) atoms. The molecule has 4 heteroatoms. The number of benzene rings is 2. The van der Waals surface area contributed by atoms with Crippen molar-refractivity contribution < 1.29 is 9.09 Å². The molecular formula is C15H20NO2P. The zero-order valence-electron chi connectivity index (χ0n) is 11.9. The van der Waals surface area contributed by atoms with Gasteiger partial charge in [0.2, 0.25) is 7.37 Å². The number of fused-ring (bicyclic) bond motifs is 1. The van der Waals surface area contributed by atoms with E-state index in [1.807, 2.05) is 45.3 Å². The van der Waals surface area contributed by atoms with Crippen molar-refractivity contribution in [3.63, 3.8) is 0 Å². The fourth-order valence-corrected chi connectivity index (χ4v) is 3.96. The second kappa shape index (κ2) is 5.36. The highest BCUT2D eigenvalue weighted by Gasteiger charge is 2.21. The smallest absolute Gasteiger partial charge is 0.229 e. The Balaban J connectivity index is 2.72. The molecule has 0 N–H and O–H groups in total. The molecule has 102 valence electrons. The van der Waals surface area contributed by atoms with E-state index < -0.39 is 7.37 Å². The van der Waals surface area contributed by atoms with Crippen LogP contribution in [-0.2, 0) is 9.09 Å². The molecule has 0 heterocycles. The molecule has 0 radical (unpaired) electrons. The van der Waals surface area contributed by atoms with Crippen LogP contribution in [0.5, 0.6) is 0 Å². The lowest BCUT2D eigenvalue weighted by Crippen LogP contribution is -2.12. The van der Waals surface area contributed by atoms with Crippen LogP contribution in [0.4, 0.5) is 5.69 Å². The average molecular weight is 277 g/mol. The highest BCUT2D eigenvalue weighted by Crippen LogP contribution is 2.43. The Morgan fingerprint density at radius 1 is 1.11 bits per heavy atom. The summed E-state index contributed by atoms with van der Waals surface area (Å²) < 4.78 is 18.1. The predicted octanol–water partition coefficient (Wildman–Crippen LogP) is 3.48. The first-order valence-electron chi connectivity index (χ1n) is 6.39. The Morgan fingerprint density at radius 2 is 1.74 bits per heavy atom. The van der Waals surface area contributed by atoms with Crippen LogP contribution < -0.4 is 10.2 Å². The molecule has 0 bridgehead atoms. The highest BCUT2D eigenvalue weighted by molar-refractivity contribution is 7.66. The van der Waals surface area contributed by atoms with Gasteiger partial charge in [-0.3, -0.25) is 4.57 Å². The van der Waals surface area contributed by atoms with Crippen LogP contribution in [0.3, 0.4) is 0 Å². The van der Waals surface area contributed by atoms with Gasteiger partial charge in [-0.25, -0.2) is 0 Å². The maximum atomic E-state index is 12.7. The molecule has 0 aliphatic rings. The number of anilines is 1. The van der Waals surface area contributed by atoms with Gasteiger partial charge in [-0.15, -0.1) is 0 Å². The molecule has 1 unspecified atom stereocenters. The lowest BCUT2D eigenvalue weighted by Gasteiger charge is -2.19. The van der Waals surface area contributed by atoms with Crippen LogP contribution in [0, 0.1) is 0 Å². The summed E-state index contributed by atoms with van der Waals surface area (Å²) in [6.07, 6.45) is 0. The van der Waals surface area contributed by atoms with Gasteiger partial charge in [0.05, 0.1) is 6.61 Å². The summed E-state index contributed by atoms with van der Waals surface area (Å²) in [6.45, 7) is 4.01. The quantitative estimate of drug-likeness (QED) is 0.801. The van der Waals surface area contributed by atoms with E-state index in [9.17, 15) is 4.57 Å². The highest BCUT2D eigenvalue weighted by atomic mass is 31.2. The maximum absolute atomic E-state index is 12.7. The summed E-state index contributed by atoms with van der Waals surface area (Å²) in [5.74, 6) is 0. The fraction of sp³-hybridized carbons (Fsp3) is 0.333. The molecule has 0 aliphatic heterocycles. The van der Waals surface area contributed by atoms with Crippen LogP contribution in [0.15, 0.2) is 36.4 Å². The third-order valence-corrected chi connectivity index (χ3v) is 5.19. The maximum Gasteiger partial charge on any atom is 0.229 e. The lowest BCUT2D eigenvalue weighted by molar-refractivity contribution is 0.345. The third kappa shape index (κ3) is 2.68. The summed E-state index contributed by atoms with van der Waals surface area (Å²) in [4.78, 5) is 2.06. The van der Waals surface area contributed by atoms with Gasteiger partial charge in [-0.1, -0.05) is 24.3 Å². The first-order chi connectivity index (χ1) is 8.97. The largest absolute Gasteiger partial charge is 0.377 e. The predicted molar refractivity (Wildman–Crippen MR) is 83.1 cm³/mol. The van der Waals surface area contributed by atoms with Gasteiger partial charge >= 0.3 is 0 Å². The van der Waals surface area contributed by atoms with E-state index in [-0.39, 0.29) is 0 Å². The van der Waals surface area contributed by atoms with E-state index in [0.29, 0.717) is 6.61 Å². The Morgan fingerprint density at radius 3 is 2.37 bits per heavy atom. The van der Waals surface area contributed by atoms with Crippen molar-refractivity contribution >= 4 is 29.1 Å². The molecule has 0 saturated heterocycles. The zero-order chi connectivity index (χ0) is 14.0. The Hall–Kier alpha value is -1.31. The standard InChI is InChI=1S/C15H20NO2P/c1-5-18-19(4,17)15-11-7-8-12-13(15)9-6-10-14(12)16(2)3/h6-11H,5H2,1-4H3. The summed E-state index contributed by atoms with van der Waals surface area (Å²) in [7, 11) is 1.26. The van der Waals surface area contributed by atoms with E-state index >= 15 is 0 Å². The van der Waals surface area contributed by atoms with E-state index in [1.165, 1.54) is 0 Å². The first-order valence-corrected chi connectivity index (χ1v) is 8.46. The van der Waals surface area contributed by atoms with Crippen molar-refractivity contribution in [2.45, 2.75) is 6.92 Å². The normalized spacial score (nSPS) is 14.3. The monoisotopic (exact) mass is 277 g/mol. The Bertz CT molecular complexity index is 637. The van der Waals surface area contributed by atoms with Gasteiger partial charge in [0.15, 0.2) is 0 Å². The number of nitrogens with zero attached hydrogens (tertiary/aromatic N) is 1. The van der Waals surface area contributed by atoms with Crippen molar-refractivity contribution in [1.29, 1.82) is 0 Å². The molecule has 0 fully saturated rings. The molecule has 0 saturated carbocycles. The molecule has 2 aromatic rings. The minimum Gasteiger partial charge on any atom is -0.377 e. The van der Waals surface area contributed by atoms with E-state index in [2.05, 4.69) is 17.0 Å². The van der Waals surface area contributed by atoms with Gasteiger partial charge < -0.3 is 9.42 Å². The number of rotatable bonds is 4. The molecule has 0 aliphatic carbocycles. The summed E-state index contributed by atoms with van der Waals surface area (Å²) in [5.41, 5.74) is 1.12. The van der Waals surface area contributed by atoms with Crippen LogP contribution in [0.2, 0.25) is 0 Å². The Labute approximate surface area is 114 Å². The van der Waals surface area contributed by atoms with Gasteiger partial charge in [-0.05, 0) is 24.4 Å². The van der Waals surface area contributed by atoms with Crippen LogP contribution in [0.25, 0.3) is 10.8 Å². The second-order valence-electron chi connectivity index (χ2n) is 4.81. The van der Waals surface area contributed by atoms with Gasteiger partial charge in [-0.2, -0.15) is 0 Å². The summed E-state index contributed by atoms with van der Waals surface area (Å²) in [5, 5.41) is 2.91. The second-order valence-corrected chi connectivity index (χ2v) is 7.24. The van der Waals surface area contributed by atoms with E-state index in [4.69, 9.17) is 4.52 Å². The molecule has 3 nitrogen and oxygen atoms in total. The molecule has 0 spiro atoms. The summed E-state index contributed by atoms with van der Waals surface area (Å²) >= 11 is 0. The minimum absolute atomic E-state index is 0.456. The molecule has 0 amide bonds. The van der Waals surface area contributed by atoms with Gasteiger partial charge in [0.25, 0.3) is 0 Å².